The fourth-order valence-corrected chi connectivity index (χ4v) is 7.77. The number of ether oxygens (including phenoxy) is 1. The number of aliphatic hydroxyl groups is 1. The smallest absolute Gasteiger partial charge is 0.303 e. The molecule has 0 aromatic carbocycles. The van der Waals surface area contributed by atoms with E-state index in [4.69, 9.17) is 4.74 Å². The number of carbonyl (C=O) groups is 2. The maximum absolute atomic E-state index is 12.7. The number of hydrogen-bond donors (Lipinski definition) is 1. The minimum atomic E-state index is -0.936. The van der Waals surface area contributed by atoms with Crippen LogP contribution in [0.3, 0.4) is 0 Å². The number of carbonyl (C=O) groups excluding carboxylic acids is 2. The molecule has 0 radical (unpaired) electrons. The predicted octanol–water partition coefficient (Wildman–Crippen LogP) is 4.20. The summed E-state index contributed by atoms with van der Waals surface area (Å²) in [5.41, 5.74) is 0.458. The van der Waals surface area contributed by atoms with Crippen LogP contribution in [0.1, 0.15) is 79.1 Å². The first-order chi connectivity index (χ1) is 12.6. The van der Waals surface area contributed by atoms with Crippen molar-refractivity contribution in [2.24, 2.45) is 28.6 Å². The molecule has 3 fully saturated rings. The van der Waals surface area contributed by atoms with Crippen LogP contribution in [-0.4, -0.2) is 28.6 Å². The first-order valence-electron chi connectivity index (χ1n) is 10.7. The quantitative estimate of drug-likeness (QED) is 0.581. The molecule has 0 aliphatic heterocycles. The van der Waals surface area contributed by atoms with Crippen molar-refractivity contribution >= 4 is 11.8 Å². The minimum Gasteiger partial charge on any atom is -0.451 e. The third-order valence-corrected chi connectivity index (χ3v) is 9.10. The van der Waals surface area contributed by atoms with Gasteiger partial charge >= 0.3 is 5.97 Å². The summed E-state index contributed by atoms with van der Waals surface area (Å²) in [4.78, 5) is 24.6. The van der Waals surface area contributed by atoms with Crippen molar-refractivity contribution in [3.63, 3.8) is 0 Å². The third kappa shape index (κ3) is 2.51. The van der Waals surface area contributed by atoms with E-state index in [2.05, 4.69) is 19.9 Å². The van der Waals surface area contributed by atoms with Crippen molar-refractivity contribution in [1.82, 2.24) is 0 Å². The molecule has 0 aromatic heterocycles. The first kappa shape index (κ1) is 19.2. The lowest BCUT2D eigenvalue weighted by molar-refractivity contribution is -0.187. The SMILES string of the molecule is CC(=O)O[C@]1(C(C)=O)CC[C@H]2[C@@H]3CCC4=C[C@@H](O)CC[C@]4(C)[C@@H]3CC[C@@]21C. The normalized spacial score (nSPS) is 48.7. The van der Waals surface area contributed by atoms with Crippen LogP contribution in [-0.2, 0) is 14.3 Å². The summed E-state index contributed by atoms with van der Waals surface area (Å²) in [5, 5.41) is 10.1. The van der Waals surface area contributed by atoms with Crippen molar-refractivity contribution < 1.29 is 19.4 Å². The Hall–Kier alpha value is -1.16. The minimum absolute atomic E-state index is 0.0181. The van der Waals surface area contributed by atoms with Crippen molar-refractivity contribution in [3.05, 3.63) is 11.6 Å². The van der Waals surface area contributed by atoms with Crippen LogP contribution in [0.5, 0.6) is 0 Å². The number of fused-ring (bicyclic) bond motifs is 5. The van der Waals surface area contributed by atoms with Gasteiger partial charge in [-0.1, -0.05) is 25.5 Å². The fourth-order valence-electron chi connectivity index (χ4n) is 7.77. The van der Waals surface area contributed by atoms with Gasteiger partial charge in [0.2, 0.25) is 0 Å². The van der Waals surface area contributed by atoms with E-state index in [9.17, 15) is 14.7 Å². The number of Topliss-reactive ketones (excluding diaryl/α,β-unsaturated/α-hetero) is 1. The monoisotopic (exact) mass is 374 g/mol. The zero-order valence-corrected chi connectivity index (χ0v) is 17.2. The lowest BCUT2D eigenvalue weighted by Crippen LogP contribution is -2.58. The Morgan fingerprint density at radius 3 is 2.41 bits per heavy atom. The molecule has 4 aliphatic carbocycles. The number of aliphatic hydroxyl groups excluding tert-OH is 1. The average Bonchev–Trinajstić information content (AvgIpc) is 2.89. The van der Waals surface area contributed by atoms with Gasteiger partial charge in [0.1, 0.15) is 0 Å². The molecule has 150 valence electrons. The van der Waals surface area contributed by atoms with E-state index in [1.165, 1.54) is 12.5 Å². The Kier molecular flexibility index (Phi) is 4.38. The maximum Gasteiger partial charge on any atom is 0.303 e. The molecule has 0 unspecified atom stereocenters. The van der Waals surface area contributed by atoms with Crippen LogP contribution in [0.15, 0.2) is 11.6 Å². The van der Waals surface area contributed by atoms with Gasteiger partial charge in [0.05, 0.1) is 6.10 Å². The molecular formula is C23H34O4. The van der Waals surface area contributed by atoms with E-state index in [-0.39, 0.29) is 28.7 Å². The molecule has 4 rings (SSSR count). The second-order valence-electron chi connectivity index (χ2n) is 10.1. The van der Waals surface area contributed by atoms with Crippen LogP contribution < -0.4 is 0 Å². The summed E-state index contributed by atoms with van der Waals surface area (Å²) in [6.07, 6.45) is 9.62. The van der Waals surface area contributed by atoms with Crippen LogP contribution in [0.25, 0.3) is 0 Å². The highest BCUT2D eigenvalue weighted by molar-refractivity contribution is 5.89. The molecule has 0 heterocycles. The number of allylic oxidation sites excluding steroid dienone is 1. The summed E-state index contributed by atoms with van der Waals surface area (Å²) in [7, 11) is 0. The summed E-state index contributed by atoms with van der Waals surface area (Å²) < 4.78 is 5.83. The second kappa shape index (κ2) is 6.17. The number of hydrogen-bond acceptors (Lipinski definition) is 4. The Morgan fingerprint density at radius 2 is 1.74 bits per heavy atom. The van der Waals surface area contributed by atoms with Gasteiger partial charge in [0.25, 0.3) is 0 Å². The molecular weight excluding hydrogens is 340 g/mol. The first-order valence-corrected chi connectivity index (χ1v) is 10.7. The van der Waals surface area contributed by atoms with E-state index in [1.54, 1.807) is 6.92 Å². The zero-order chi connectivity index (χ0) is 19.6. The molecule has 3 saturated carbocycles. The van der Waals surface area contributed by atoms with Gasteiger partial charge in [0.15, 0.2) is 11.4 Å². The number of rotatable bonds is 2. The molecule has 0 amide bonds. The molecule has 4 heteroatoms. The lowest BCUT2D eigenvalue weighted by Gasteiger charge is -2.59. The maximum atomic E-state index is 12.7. The summed E-state index contributed by atoms with van der Waals surface area (Å²) in [5.74, 6) is 1.31. The number of esters is 1. The van der Waals surface area contributed by atoms with Gasteiger partial charge in [-0.2, -0.15) is 0 Å². The van der Waals surface area contributed by atoms with Gasteiger partial charge in [-0.15, -0.1) is 0 Å². The highest BCUT2D eigenvalue weighted by Crippen LogP contribution is 2.68. The Balaban J connectivity index is 1.69. The van der Waals surface area contributed by atoms with Crippen LogP contribution in [0, 0.1) is 28.6 Å². The molecule has 0 bridgehead atoms. The predicted molar refractivity (Wildman–Crippen MR) is 103 cm³/mol. The van der Waals surface area contributed by atoms with E-state index >= 15 is 0 Å². The van der Waals surface area contributed by atoms with Crippen molar-refractivity contribution in [2.75, 3.05) is 0 Å². The van der Waals surface area contributed by atoms with E-state index in [0.717, 1.165) is 44.9 Å². The Bertz CT molecular complexity index is 696. The summed E-state index contributed by atoms with van der Waals surface area (Å²) >= 11 is 0. The van der Waals surface area contributed by atoms with E-state index in [1.807, 2.05) is 0 Å². The van der Waals surface area contributed by atoms with Gasteiger partial charge in [0, 0.05) is 12.3 Å². The van der Waals surface area contributed by atoms with E-state index < -0.39 is 5.60 Å². The summed E-state index contributed by atoms with van der Waals surface area (Å²) in [6.45, 7) is 7.65. The molecule has 7 atom stereocenters. The largest absolute Gasteiger partial charge is 0.451 e. The van der Waals surface area contributed by atoms with Crippen LogP contribution >= 0.6 is 0 Å². The molecule has 4 nitrogen and oxygen atoms in total. The van der Waals surface area contributed by atoms with E-state index in [0.29, 0.717) is 24.2 Å². The highest BCUT2D eigenvalue weighted by Gasteiger charge is 2.67. The molecule has 1 N–H and O–H groups in total. The molecule has 27 heavy (non-hydrogen) atoms. The Morgan fingerprint density at radius 1 is 1.04 bits per heavy atom. The molecule has 0 spiro atoms. The molecule has 4 aliphatic rings. The van der Waals surface area contributed by atoms with Gasteiger partial charge in [-0.3, -0.25) is 9.59 Å². The van der Waals surface area contributed by atoms with Crippen molar-refractivity contribution in [3.8, 4) is 0 Å². The standard InChI is InChI=1S/C23H34O4/c1-14(24)23(27-15(2)25)12-9-20-18-6-5-16-13-17(26)7-10-21(16,3)19(18)8-11-22(20,23)4/h13,17-20,26H,5-12H2,1-4H3/t17-,18+,19+,20-,21-,22-,23-/m0/s1. The third-order valence-electron chi connectivity index (χ3n) is 9.10. The van der Waals surface area contributed by atoms with Gasteiger partial charge in [-0.25, -0.2) is 0 Å². The number of ketones is 1. The van der Waals surface area contributed by atoms with Crippen molar-refractivity contribution in [2.45, 2.75) is 90.8 Å². The summed E-state index contributed by atoms with van der Waals surface area (Å²) in [6, 6.07) is 0. The van der Waals surface area contributed by atoms with Gasteiger partial charge in [-0.05, 0) is 81.5 Å². The topological polar surface area (TPSA) is 63.6 Å². The molecule has 0 aromatic rings. The fraction of sp³-hybridized carbons (Fsp3) is 0.826. The average molecular weight is 375 g/mol. The van der Waals surface area contributed by atoms with Crippen LogP contribution in [0.2, 0.25) is 0 Å². The van der Waals surface area contributed by atoms with Gasteiger partial charge < -0.3 is 9.84 Å². The van der Waals surface area contributed by atoms with Crippen molar-refractivity contribution in [1.29, 1.82) is 0 Å². The zero-order valence-electron chi connectivity index (χ0n) is 17.2. The van der Waals surface area contributed by atoms with Crippen LogP contribution in [0.4, 0.5) is 0 Å². The molecule has 0 saturated heterocycles. The second-order valence-corrected chi connectivity index (χ2v) is 10.1. The highest BCUT2D eigenvalue weighted by atomic mass is 16.6. The Labute approximate surface area is 162 Å². The lowest BCUT2D eigenvalue weighted by atomic mass is 9.46.